The molecule has 0 amide bonds. The van der Waals surface area contributed by atoms with Crippen molar-refractivity contribution in [1.82, 2.24) is 0 Å². The molecule has 0 aliphatic rings. The monoisotopic (exact) mass is 897 g/mol. The summed E-state index contributed by atoms with van der Waals surface area (Å²) >= 11 is 0. The van der Waals surface area contributed by atoms with Crippen molar-refractivity contribution in [2.45, 2.75) is 207 Å². The first-order valence-electron chi connectivity index (χ1n) is 25.7. The molecule has 6 nitrogen and oxygen atoms in total. The number of hydrogen-bond donors (Lipinski definition) is 0. The van der Waals surface area contributed by atoms with Gasteiger partial charge in [-0.3, -0.25) is 14.4 Å². The molecule has 0 heterocycles. The Labute approximate surface area is 398 Å². The summed E-state index contributed by atoms with van der Waals surface area (Å²) in [5.74, 6) is -1.05. The van der Waals surface area contributed by atoms with E-state index >= 15 is 0 Å². The van der Waals surface area contributed by atoms with Gasteiger partial charge in [0.15, 0.2) is 6.10 Å². The zero-order valence-corrected chi connectivity index (χ0v) is 41.4. The number of allylic oxidation sites excluding steroid dienone is 22. The maximum Gasteiger partial charge on any atom is 0.306 e. The first-order chi connectivity index (χ1) is 32.0. The average molecular weight is 897 g/mol. The van der Waals surface area contributed by atoms with Crippen LogP contribution in [0.2, 0.25) is 0 Å². The summed E-state index contributed by atoms with van der Waals surface area (Å²) in [6.07, 6.45) is 73.0. The molecule has 0 saturated carbocycles. The predicted molar refractivity (Wildman–Crippen MR) is 279 cm³/mol. The van der Waals surface area contributed by atoms with E-state index in [-0.39, 0.29) is 37.5 Å². The number of rotatable bonds is 44. The van der Waals surface area contributed by atoms with Gasteiger partial charge in [-0.2, -0.15) is 0 Å². The highest BCUT2D eigenvalue weighted by molar-refractivity contribution is 5.71. The molecule has 364 valence electrons. The molecule has 0 radical (unpaired) electrons. The number of carbonyl (C=O) groups excluding carboxylic acids is 3. The fraction of sp³-hybridized carbons (Fsp3) is 0.576. The third-order valence-corrected chi connectivity index (χ3v) is 10.1. The summed E-state index contributed by atoms with van der Waals surface area (Å²) in [5.41, 5.74) is 0. The van der Waals surface area contributed by atoms with Gasteiger partial charge < -0.3 is 14.2 Å². The van der Waals surface area contributed by atoms with E-state index in [0.29, 0.717) is 19.3 Å². The highest BCUT2D eigenvalue weighted by Gasteiger charge is 2.19. The topological polar surface area (TPSA) is 78.9 Å². The largest absolute Gasteiger partial charge is 0.462 e. The van der Waals surface area contributed by atoms with Gasteiger partial charge in [-0.15, -0.1) is 0 Å². The average Bonchev–Trinajstić information content (AvgIpc) is 3.30. The Hall–Kier alpha value is -4.45. The van der Waals surface area contributed by atoms with Crippen molar-refractivity contribution in [2.75, 3.05) is 13.2 Å². The van der Waals surface area contributed by atoms with Crippen LogP contribution in [0.25, 0.3) is 0 Å². The smallest absolute Gasteiger partial charge is 0.306 e. The van der Waals surface area contributed by atoms with Crippen LogP contribution >= 0.6 is 0 Å². The van der Waals surface area contributed by atoms with Crippen LogP contribution in [0, 0.1) is 0 Å². The first-order valence-corrected chi connectivity index (χ1v) is 25.7. The van der Waals surface area contributed by atoms with Gasteiger partial charge in [-0.05, 0) is 116 Å². The first kappa shape index (κ1) is 60.5. The van der Waals surface area contributed by atoms with E-state index < -0.39 is 6.10 Å². The third kappa shape index (κ3) is 50.4. The number of hydrogen-bond acceptors (Lipinski definition) is 6. The molecule has 0 aromatic carbocycles. The van der Waals surface area contributed by atoms with Crippen LogP contribution in [-0.2, 0) is 28.6 Å². The molecule has 0 aliphatic heterocycles. The van der Waals surface area contributed by atoms with Crippen LogP contribution in [0.3, 0.4) is 0 Å². The van der Waals surface area contributed by atoms with E-state index in [0.717, 1.165) is 135 Å². The maximum absolute atomic E-state index is 12.8. The predicted octanol–water partition coefficient (Wildman–Crippen LogP) is 17.1. The summed E-state index contributed by atoms with van der Waals surface area (Å²) in [7, 11) is 0. The molecule has 0 bridgehead atoms. The minimum atomic E-state index is -0.827. The Balaban J connectivity index is 4.55. The van der Waals surface area contributed by atoms with E-state index in [4.69, 9.17) is 14.2 Å². The van der Waals surface area contributed by atoms with Gasteiger partial charge in [0.2, 0.25) is 0 Å². The Morgan fingerprint density at radius 1 is 0.308 bits per heavy atom. The summed E-state index contributed by atoms with van der Waals surface area (Å²) in [6, 6.07) is 0. The van der Waals surface area contributed by atoms with Gasteiger partial charge in [0.05, 0.1) is 0 Å². The maximum atomic E-state index is 12.8. The second-order valence-corrected chi connectivity index (χ2v) is 16.3. The molecule has 0 aromatic rings. The van der Waals surface area contributed by atoms with Crippen LogP contribution < -0.4 is 0 Å². The second kappa shape index (κ2) is 52.2. The Bertz CT molecular complexity index is 1450. The van der Waals surface area contributed by atoms with Gasteiger partial charge in [0.1, 0.15) is 13.2 Å². The molecule has 0 aromatic heterocycles. The lowest BCUT2D eigenvalue weighted by atomic mass is 10.1. The Kier molecular flexibility index (Phi) is 48.6. The minimum Gasteiger partial charge on any atom is -0.462 e. The molecule has 1 atom stereocenters. The van der Waals surface area contributed by atoms with E-state index in [2.05, 4.69) is 142 Å². The van der Waals surface area contributed by atoms with Crippen LogP contribution in [0.15, 0.2) is 134 Å². The molecule has 65 heavy (non-hydrogen) atoms. The summed E-state index contributed by atoms with van der Waals surface area (Å²) in [6.45, 7) is 6.18. The van der Waals surface area contributed by atoms with Crippen LogP contribution in [0.1, 0.15) is 201 Å². The van der Waals surface area contributed by atoms with Crippen molar-refractivity contribution in [3.05, 3.63) is 134 Å². The molecule has 6 heteroatoms. The minimum absolute atomic E-state index is 0.122. The van der Waals surface area contributed by atoms with Crippen molar-refractivity contribution in [1.29, 1.82) is 0 Å². The second-order valence-electron chi connectivity index (χ2n) is 16.3. The molecule has 1 unspecified atom stereocenters. The number of carbonyl (C=O) groups is 3. The van der Waals surface area contributed by atoms with Crippen molar-refractivity contribution in [3.63, 3.8) is 0 Å². The van der Waals surface area contributed by atoms with Crippen LogP contribution in [-0.4, -0.2) is 37.2 Å². The lowest BCUT2D eigenvalue weighted by molar-refractivity contribution is -0.166. The van der Waals surface area contributed by atoms with Gasteiger partial charge in [-0.25, -0.2) is 0 Å². The summed E-state index contributed by atoms with van der Waals surface area (Å²) in [5, 5.41) is 0. The van der Waals surface area contributed by atoms with E-state index in [1.807, 2.05) is 12.2 Å². The highest BCUT2D eigenvalue weighted by Crippen LogP contribution is 2.13. The lowest BCUT2D eigenvalue weighted by Crippen LogP contribution is -2.30. The van der Waals surface area contributed by atoms with E-state index in [1.165, 1.54) is 19.3 Å². The van der Waals surface area contributed by atoms with Crippen LogP contribution in [0.5, 0.6) is 0 Å². The van der Waals surface area contributed by atoms with Crippen molar-refractivity contribution in [2.24, 2.45) is 0 Å². The molecule has 0 saturated heterocycles. The van der Waals surface area contributed by atoms with E-state index in [1.54, 1.807) is 0 Å². The van der Waals surface area contributed by atoms with Crippen molar-refractivity contribution in [3.8, 4) is 0 Å². The highest BCUT2D eigenvalue weighted by atomic mass is 16.6. The van der Waals surface area contributed by atoms with E-state index in [9.17, 15) is 14.4 Å². The molecular formula is C59H92O6. The SMILES string of the molecule is CC/C=C\C/C=C\C/C=C\C/C=C\CCCCCCC(=O)OCC(COC(=O)CC/C=C\C/C=C\C/C=C\C/C=C\CC)OC(=O)CCCCCCCCC/C=C\C/C=C\C/C=C\CC. The van der Waals surface area contributed by atoms with Crippen LogP contribution in [0.4, 0.5) is 0 Å². The Morgan fingerprint density at radius 3 is 0.954 bits per heavy atom. The molecule has 0 fully saturated rings. The fourth-order valence-corrected chi connectivity index (χ4v) is 6.40. The summed E-state index contributed by atoms with van der Waals surface area (Å²) < 4.78 is 16.7. The lowest BCUT2D eigenvalue weighted by Gasteiger charge is -2.18. The quantitative estimate of drug-likeness (QED) is 0.0262. The number of esters is 3. The standard InChI is InChI=1S/C59H92O6/c1-4-7-10-13-16-19-22-25-27-29-31-34-37-40-43-46-49-52-58(61)64-55-56(54-63-57(60)51-48-45-42-39-36-33-24-21-18-15-12-9-6-3)65-59(62)53-50-47-44-41-38-35-32-30-28-26-23-20-17-14-11-8-5-2/h7-12,16-21,25-28,31,33-34,36,42,45,56H,4-6,13-15,22-24,29-30,32,35,37-41,43-44,46-55H2,1-3H3/b10-7-,11-8-,12-9-,19-16-,20-17-,21-18-,27-25-,28-26-,34-31-,36-33-,45-42-. The van der Waals surface area contributed by atoms with Gasteiger partial charge in [0.25, 0.3) is 0 Å². The zero-order chi connectivity index (χ0) is 47.2. The fourth-order valence-electron chi connectivity index (χ4n) is 6.40. The van der Waals surface area contributed by atoms with Gasteiger partial charge >= 0.3 is 17.9 Å². The molecule has 0 N–H and O–H groups in total. The van der Waals surface area contributed by atoms with Gasteiger partial charge in [-0.1, -0.05) is 199 Å². The van der Waals surface area contributed by atoms with Crippen molar-refractivity contribution < 1.29 is 28.6 Å². The number of ether oxygens (including phenoxy) is 3. The molecular weight excluding hydrogens is 805 g/mol. The molecule has 0 spiro atoms. The number of unbranched alkanes of at least 4 members (excludes halogenated alkanes) is 11. The Morgan fingerprint density at radius 2 is 0.585 bits per heavy atom. The normalized spacial score (nSPS) is 13.2. The van der Waals surface area contributed by atoms with Crippen molar-refractivity contribution >= 4 is 17.9 Å². The summed E-state index contributed by atoms with van der Waals surface area (Å²) in [4.78, 5) is 38.0. The molecule has 0 rings (SSSR count). The third-order valence-electron chi connectivity index (χ3n) is 10.1. The zero-order valence-electron chi connectivity index (χ0n) is 41.4. The molecule has 0 aliphatic carbocycles. The van der Waals surface area contributed by atoms with Gasteiger partial charge in [0, 0.05) is 19.3 Å².